The molecule has 7 heteroatoms. The highest BCUT2D eigenvalue weighted by molar-refractivity contribution is 5.84. The molecule has 1 aromatic heterocycles. The summed E-state index contributed by atoms with van der Waals surface area (Å²) in [4.78, 5) is 27.8. The van der Waals surface area contributed by atoms with Crippen LogP contribution in [0.2, 0.25) is 0 Å². The van der Waals surface area contributed by atoms with E-state index in [0.29, 0.717) is 18.1 Å². The normalized spacial score (nSPS) is 11.6. The maximum atomic E-state index is 12.0. The lowest BCUT2D eigenvalue weighted by Gasteiger charge is -2.17. The number of benzene rings is 1. The summed E-state index contributed by atoms with van der Waals surface area (Å²) in [6.45, 7) is 2.05. The summed E-state index contributed by atoms with van der Waals surface area (Å²) in [6, 6.07) is 11.6. The van der Waals surface area contributed by atoms with Crippen molar-refractivity contribution < 1.29 is 14.7 Å². The van der Waals surface area contributed by atoms with Gasteiger partial charge in [-0.3, -0.25) is 4.79 Å². The van der Waals surface area contributed by atoms with E-state index in [4.69, 9.17) is 5.73 Å². The maximum absolute atomic E-state index is 12.0. The Morgan fingerprint density at radius 2 is 1.93 bits per heavy atom. The van der Waals surface area contributed by atoms with Gasteiger partial charge in [0.15, 0.2) is 0 Å². The van der Waals surface area contributed by atoms with Gasteiger partial charge in [0.05, 0.1) is 0 Å². The first-order valence-corrected chi connectivity index (χ1v) is 9.09. The van der Waals surface area contributed by atoms with Crippen LogP contribution in [0.5, 0.6) is 0 Å². The fraction of sp³-hybridized carbons (Fsp3) is 0.350. The number of carboxylic acid groups (broad SMARTS) is 1. The summed E-state index contributed by atoms with van der Waals surface area (Å²) in [5.74, 6) is -0.340. The van der Waals surface area contributed by atoms with Crippen molar-refractivity contribution in [2.45, 2.75) is 45.1 Å². The van der Waals surface area contributed by atoms with Gasteiger partial charge >= 0.3 is 5.97 Å². The molecule has 0 aliphatic heterocycles. The Labute approximate surface area is 159 Å². The monoisotopic (exact) mass is 370 g/mol. The summed E-state index contributed by atoms with van der Waals surface area (Å²) >= 11 is 0. The number of anilines is 3. The number of nitrogens with one attached hydrogen (secondary N) is 2. The van der Waals surface area contributed by atoms with Crippen LogP contribution in [0.4, 0.5) is 17.3 Å². The molecule has 7 nitrogen and oxygen atoms in total. The van der Waals surface area contributed by atoms with Crippen LogP contribution >= 0.6 is 0 Å². The van der Waals surface area contributed by atoms with E-state index >= 15 is 0 Å². The summed E-state index contributed by atoms with van der Waals surface area (Å²) in [5.41, 5.74) is 7.19. The number of para-hydroxylation sites is 1. The van der Waals surface area contributed by atoms with E-state index in [2.05, 4.69) is 22.5 Å². The first-order chi connectivity index (χ1) is 13.0. The lowest BCUT2D eigenvalue weighted by atomic mass is 10.0. The number of unbranched alkanes of at least 4 members (excludes halogenated alkanes) is 2. The van der Waals surface area contributed by atoms with Crippen molar-refractivity contribution in [2.24, 2.45) is 0 Å². The van der Waals surface area contributed by atoms with Gasteiger partial charge in [0, 0.05) is 18.5 Å². The minimum Gasteiger partial charge on any atom is -0.480 e. The predicted octanol–water partition coefficient (Wildman–Crippen LogP) is 3.10. The Morgan fingerprint density at radius 3 is 2.63 bits per heavy atom. The van der Waals surface area contributed by atoms with E-state index in [0.717, 1.165) is 30.5 Å². The quantitative estimate of drug-likeness (QED) is 0.477. The number of aromatic nitrogens is 1. The molecule has 0 radical (unpaired) electrons. The molecule has 27 heavy (non-hydrogen) atoms. The first kappa shape index (κ1) is 20.2. The molecule has 1 atom stereocenters. The smallest absolute Gasteiger partial charge is 0.326 e. The number of hydrogen-bond donors (Lipinski definition) is 4. The number of nitrogens with two attached hydrogens (primary N) is 1. The van der Waals surface area contributed by atoms with Gasteiger partial charge in [-0.05, 0) is 30.2 Å². The molecule has 0 aliphatic rings. The van der Waals surface area contributed by atoms with Crippen LogP contribution in [-0.2, 0) is 16.0 Å². The van der Waals surface area contributed by atoms with E-state index in [1.165, 1.54) is 0 Å². The Kier molecular flexibility index (Phi) is 7.61. The van der Waals surface area contributed by atoms with Crippen molar-refractivity contribution in [1.29, 1.82) is 0 Å². The number of carboxylic acids is 1. The average molecular weight is 370 g/mol. The van der Waals surface area contributed by atoms with Gasteiger partial charge in [-0.2, -0.15) is 0 Å². The molecule has 144 valence electrons. The van der Waals surface area contributed by atoms with Crippen molar-refractivity contribution in [2.75, 3.05) is 11.1 Å². The lowest BCUT2D eigenvalue weighted by molar-refractivity contribution is -0.141. The molecule has 1 heterocycles. The highest BCUT2D eigenvalue weighted by atomic mass is 16.4. The van der Waals surface area contributed by atoms with E-state index in [1.807, 2.05) is 24.3 Å². The Morgan fingerprint density at radius 1 is 1.15 bits per heavy atom. The molecular weight excluding hydrogens is 344 g/mol. The van der Waals surface area contributed by atoms with Crippen LogP contribution in [0.3, 0.4) is 0 Å². The van der Waals surface area contributed by atoms with Crippen molar-refractivity contribution >= 4 is 29.2 Å². The van der Waals surface area contributed by atoms with Crippen molar-refractivity contribution in [3.05, 3.63) is 48.0 Å². The number of aliphatic carboxylic acids is 1. The summed E-state index contributed by atoms with van der Waals surface area (Å²) < 4.78 is 0. The molecular formula is C20H26N4O3. The zero-order valence-electron chi connectivity index (χ0n) is 15.4. The number of carbonyl (C=O) groups excluding carboxylic acids is 1. The fourth-order valence-electron chi connectivity index (χ4n) is 2.70. The predicted molar refractivity (Wildman–Crippen MR) is 106 cm³/mol. The van der Waals surface area contributed by atoms with Crippen molar-refractivity contribution in [3.63, 3.8) is 0 Å². The second-order valence-corrected chi connectivity index (χ2v) is 6.35. The number of nitrogen functional groups attached to an aromatic ring is 1. The molecule has 2 rings (SSSR count). The molecule has 0 fully saturated rings. The van der Waals surface area contributed by atoms with Crippen LogP contribution in [0.1, 0.15) is 38.2 Å². The Hall–Kier alpha value is -3.09. The van der Waals surface area contributed by atoms with Gasteiger partial charge in [-0.1, -0.05) is 44.0 Å². The molecule has 0 saturated heterocycles. The number of hydrogen-bond acceptors (Lipinski definition) is 5. The van der Waals surface area contributed by atoms with Gasteiger partial charge < -0.3 is 21.5 Å². The molecule has 2 aromatic rings. The largest absolute Gasteiger partial charge is 0.480 e. The third-order valence-electron chi connectivity index (χ3n) is 4.12. The third kappa shape index (κ3) is 6.62. The van der Waals surface area contributed by atoms with E-state index < -0.39 is 12.0 Å². The molecule has 0 bridgehead atoms. The number of rotatable bonds is 10. The molecule has 0 unspecified atom stereocenters. The summed E-state index contributed by atoms with van der Waals surface area (Å²) in [5, 5.41) is 15.3. The van der Waals surface area contributed by atoms with Crippen LogP contribution in [0.25, 0.3) is 0 Å². The van der Waals surface area contributed by atoms with Gasteiger partial charge in [-0.25, -0.2) is 9.78 Å². The van der Waals surface area contributed by atoms with Gasteiger partial charge in [0.25, 0.3) is 0 Å². The fourth-order valence-corrected chi connectivity index (χ4v) is 2.70. The SMILES string of the molecule is CCCCCC(=O)N[C@@H](Cc1ccccc1Nc1cccc(N)n1)C(=O)O. The van der Waals surface area contributed by atoms with Gasteiger partial charge in [0.2, 0.25) is 5.91 Å². The van der Waals surface area contributed by atoms with E-state index in [1.54, 1.807) is 18.2 Å². The number of carbonyl (C=O) groups is 2. The minimum atomic E-state index is -1.06. The second-order valence-electron chi connectivity index (χ2n) is 6.35. The summed E-state index contributed by atoms with van der Waals surface area (Å²) in [7, 11) is 0. The Balaban J connectivity index is 2.09. The third-order valence-corrected chi connectivity index (χ3v) is 4.12. The summed E-state index contributed by atoms with van der Waals surface area (Å²) in [6.07, 6.45) is 3.22. The molecule has 1 amide bonds. The molecule has 0 aliphatic carbocycles. The first-order valence-electron chi connectivity index (χ1n) is 9.09. The van der Waals surface area contributed by atoms with Crippen LogP contribution < -0.4 is 16.4 Å². The van der Waals surface area contributed by atoms with Crippen LogP contribution in [0.15, 0.2) is 42.5 Å². The highest BCUT2D eigenvalue weighted by Gasteiger charge is 2.21. The molecule has 1 aromatic carbocycles. The van der Waals surface area contributed by atoms with Crippen molar-refractivity contribution in [1.82, 2.24) is 10.3 Å². The number of amides is 1. The molecule has 5 N–H and O–H groups in total. The van der Waals surface area contributed by atoms with Crippen molar-refractivity contribution in [3.8, 4) is 0 Å². The van der Waals surface area contributed by atoms with Gasteiger partial charge in [-0.15, -0.1) is 0 Å². The van der Waals surface area contributed by atoms with Gasteiger partial charge in [0.1, 0.15) is 17.7 Å². The zero-order valence-corrected chi connectivity index (χ0v) is 15.4. The van der Waals surface area contributed by atoms with Crippen LogP contribution in [-0.4, -0.2) is 28.0 Å². The molecule has 0 saturated carbocycles. The second kappa shape index (κ2) is 10.2. The minimum absolute atomic E-state index is 0.167. The van der Waals surface area contributed by atoms with E-state index in [9.17, 15) is 14.7 Å². The van der Waals surface area contributed by atoms with E-state index in [-0.39, 0.29) is 12.3 Å². The topological polar surface area (TPSA) is 117 Å². The number of nitrogens with zero attached hydrogens (tertiary/aromatic N) is 1. The van der Waals surface area contributed by atoms with Crippen LogP contribution in [0, 0.1) is 0 Å². The maximum Gasteiger partial charge on any atom is 0.326 e. The average Bonchev–Trinajstić information content (AvgIpc) is 2.63. The molecule has 0 spiro atoms. The standard InChI is InChI=1S/C20H26N4O3/c1-2-3-4-12-19(25)23-16(20(26)27)13-14-8-5-6-9-15(14)22-18-11-7-10-17(21)24-18/h5-11,16H,2-4,12-13H2,1H3,(H,23,25)(H,26,27)(H3,21,22,24)/t16-/m0/s1. The highest BCUT2D eigenvalue weighted by Crippen LogP contribution is 2.21. The Bertz CT molecular complexity index is 779. The number of pyridine rings is 1. The lowest BCUT2D eigenvalue weighted by Crippen LogP contribution is -2.42. The zero-order chi connectivity index (χ0) is 19.6.